The molecule has 0 saturated carbocycles. The highest BCUT2D eigenvalue weighted by Crippen LogP contribution is 2.32. The summed E-state index contributed by atoms with van der Waals surface area (Å²) < 4.78 is 0. The summed E-state index contributed by atoms with van der Waals surface area (Å²) in [4.78, 5) is 2.12. The van der Waals surface area contributed by atoms with E-state index in [1.54, 1.807) is 0 Å². The van der Waals surface area contributed by atoms with Gasteiger partial charge in [0.1, 0.15) is 0 Å². The van der Waals surface area contributed by atoms with Crippen LogP contribution in [0.15, 0.2) is 78.9 Å². The molecule has 0 bridgehead atoms. The van der Waals surface area contributed by atoms with Crippen LogP contribution in [0.5, 0.6) is 0 Å². The molecule has 0 heterocycles. The Hall–Kier alpha value is -2.54. The van der Waals surface area contributed by atoms with E-state index in [4.69, 9.17) is 0 Å². The smallest absolute Gasteiger partial charge is 0.0361 e. The molecule has 21 heavy (non-hydrogen) atoms. The van der Waals surface area contributed by atoms with E-state index < -0.39 is 0 Å². The molecule has 1 heteroatoms. The lowest BCUT2D eigenvalue weighted by Gasteiger charge is -2.14. The lowest BCUT2D eigenvalue weighted by atomic mass is 9.94. The number of benzene rings is 3. The van der Waals surface area contributed by atoms with Gasteiger partial charge in [0.2, 0.25) is 0 Å². The van der Waals surface area contributed by atoms with E-state index >= 15 is 0 Å². The van der Waals surface area contributed by atoms with Crippen molar-refractivity contribution >= 4 is 5.69 Å². The molecule has 1 nitrogen and oxygen atoms in total. The second kappa shape index (κ2) is 5.84. The zero-order valence-corrected chi connectivity index (χ0v) is 12.5. The Kier molecular flexibility index (Phi) is 3.74. The molecule has 0 aromatic heterocycles. The molecule has 104 valence electrons. The molecule has 0 atom stereocenters. The standard InChI is InChI=1S/C20H19N/c1-21(2)18-14-12-17(13-15-18)20-11-7-6-10-19(20)16-8-4-3-5-9-16/h3-15H,1-2H3. The van der Waals surface area contributed by atoms with Crippen LogP contribution in [0, 0.1) is 0 Å². The van der Waals surface area contributed by atoms with Gasteiger partial charge >= 0.3 is 0 Å². The minimum atomic E-state index is 1.22. The molecular weight excluding hydrogens is 254 g/mol. The van der Waals surface area contributed by atoms with Crippen molar-refractivity contribution in [3.05, 3.63) is 78.9 Å². The molecule has 0 aliphatic heterocycles. The second-order valence-corrected chi connectivity index (χ2v) is 5.35. The van der Waals surface area contributed by atoms with E-state index in [0.717, 1.165) is 0 Å². The summed E-state index contributed by atoms with van der Waals surface area (Å²) in [6, 6.07) is 27.8. The summed E-state index contributed by atoms with van der Waals surface area (Å²) in [5.74, 6) is 0. The fourth-order valence-corrected chi connectivity index (χ4v) is 2.54. The summed E-state index contributed by atoms with van der Waals surface area (Å²) in [7, 11) is 4.12. The van der Waals surface area contributed by atoms with Crippen molar-refractivity contribution in [1.29, 1.82) is 0 Å². The van der Waals surface area contributed by atoms with Crippen LogP contribution in [0.25, 0.3) is 22.3 Å². The van der Waals surface area contributed by atoms with Gasteiger partial charge in [0, 0.05) is 19.8 Å². The summed E-state index contributed by atoms with van der Waals surface area (Å²) in [6.07, 6.45) is 0. The van der Waals surface area contributed by atoms with E-state index in [-0.39, 0.29) is 0 Å². The third-order valence-electron chi connectivity index (χ3n) is 3.71. The molecule has 0 spiro atoms. The second-order valence-electron chi connectivity index (χ2n) is 5.35. The van der Waals surface area contributed by atoms with Gasteiger partial charge < -0.3 is 4.90 Å². The topological polar surface area (TPSA) is 3.24 Å². The Labute approximate surface area is 126 Å². The molecule has 0 amide bonds. The quantitative estimate of drug-likeness (QED) is 0.642. The molecule has 3 rings (SSSR count). The summed E-state index contributed by atoms with van der Waals surface area (Å²) in [5, 5.41) is 0. The van der Waals surface area contributed by atoms with E-state index in [9.17, 15) is 0 Å². The first-order valence-corrected chi connectivity index (χ1v) is 7.18. The highest BCUT2D eigenvalue weighted by molar-refractivity contribution is 5.83. The predicted molar refractivity (Wildman–Crippen MR) is 91.6 cm³/mol. The molecular formula is C20H19N. The van der Waals surface area contributed by atoms with Gasteiger partial charge in [-0.05, 0) is 34.4 Å². The highest BCUT2D eigenvalue weighted by atomic mass is 15.1. The minimum absolute atomic E-state index is 1.22. The lowest BCUT2D eigenvalue weighted by Crippen LogP contribution is -2.07. The van der Waals surface area contributed by atoms with E-state index in [2.05, 4.69) is 97.9 Å². The first-order valence-electron chi connectivity index (χ1n) is 7.18. The van der Waals surface area contributed by atoms with Crippen molar-refractivity contribution in [2.24, 2.45) is 0 Å². The Bertz CT molecular complexity index is 712. The summed E-state index contributed by atoms with van der Waals surface area (Å²) in [6.45, 7) is 0. The lowest BCUT2D eigenvalue weighted by molar-refractivity contribution is 1.13. The van der Waals surface area contributed by atoms with Crippen molar-refractivity contribution in [1.82, 2.24) is 0 Å². The van der Waals surface area contributed by atoms with Crippen LogP contribution in [0.1, 0.15) is 0 Å². The Balaban J connectivity index is 2.07. The van der Waals surface area contributed by atoms with Gasteiger partial charge in [0.15, 0.2) is 0 Å². The maximum absolute atomic E-state index is 2.19. The number of hydrogen-bond acceptors (Lipinski definition) is 1. The van der Waals surface area contributed by atoms with Gasteiger partial charge in [0.25, 0.3) is 0 Å². The van der Waals surface area contributed by atoms with Gasteiger partial charge in [-0.3, -0.25) is 0 Å². The van der Waals surface area contributed by atoms with Crippen LogP contribution in [0.2, 0.25) is 0 Å². The van der Waals surface area contributed by atoms with Crippen molar-refractivity contribution in [2.45, 2.75) is 0 Å². The van der Waals surface area contributed by atoms with Crippen LogP contribution in [-0.4, -0.2) is 14.1 Å². The fourth-order valence-electron chi connectivity index (χ4n) is 2.54. The largest absolute Gasteiger partial charge is 0.378 e. The molecule has 0 fully saturated rings. The Morgan fingerprint density at radius 3 is 1.52 bits per heavy atom. The third-order valence-corrected chi connectivity index (χ3v) is 3.71. The fraction of sp³-hybridized carbons (Fsp3) is 0.100. The van der Waals surface area contributed by atoms with Crippen molar-refractivity contribution < 1.29 is 0 Å². The van der Waals surface area contributed by atoms with Crippen LogP contribution < -0.4 is 4.90 Å². The first kappa shape index (κ1) is 13.4. The van der Waals surface area contributed by atoms with Gasteiger partial charge in [0.05, 0.1) is 0 Å². The number of nitrogens with zero attached hydrogens (tertiary/aromatic N) is 1. The molecule has 0 aliphatic rings. The zero-order valence-electron chi connectivity index (χ0n) is 12.5. The number of rotatable bonds is 3. The summed E-state index contributed by atoms with van der Waals surface area (Å²) >= 11 is 0. The maximum Gasteiger partial charge on any atom is 0.0361 e. The predicted octanol–water partition coefficient (Wildman–Crippen LogP) is 5.09. The van der Waals surface area contributed by atoms with Gasteiger partial charge in [-0.1, -0.05) is 66.7 Å². The van der Waals surface area contributed by atoms with Crippen LogP contribution in [0.4, 0.5) is 5.69 Å². The van der Waals surface area contributed by atoms with Crippen molar-refractivity contribution in [2.75, 3.05) is 19.0 Å². The molecule has 0 saturated heterocycles. The van der Waals surface area contributed by atoms with Crippen molar-refractivity contribution in [3.63, 3.8) is 0 Å². The average Bonchev–Trinajstić information content (AvgIpc) is 2.56. The molecule has 0 N–H and O–H groups in total. The highest BCUT2D eigenvalue weighted by Gasteiger charge is 2.06. The molecule has 0 aliphatic carbocycles. The molecule has 3 aromatic rings. The normalized spacial score (nSPS) is 10.4. The average molecular weight is 273 g/mol. The Morgan fingerprint density at radius 2 is 1.00 bits per heavy atom. The maximum atomic E-state index is 2.19. The van der Waals surface area contributed by atoms with Gasteiger partial charge in [-0.25, -0.2) is 0 Å². The number of hydrogen-bond donors (Lipinski definition) is 0. The summed E-state index contributed by atoms with van der Waals surface area (Å²) in [5.41, 5.74) is 6.27. The molecule has 3 aromatic carbocycles. The van der Waals surface area contributed by atoms with Crippen LogP contribution in [-0.2, 0) is 0 Å². The van der Waals surface area contributed by atoms with Gasteiger partial charge in [-0.2, -0.15) is 0 Å². The number of anilines is 1. The van der Waals surface area contributed by atoms with Crippen LogP contribution in [0.3, 0.4) is 0 Å². The first-order chi connectivity index (χ1) is 10.3. The molecule has 0 unspecified atom stereocenters. The minimum Gasteiger partial charge on any atom is -0.378 e. The van der Waals surface area contributed by atoms with E-state index in [1.165, 1.54) is 27.9 Å². The van der Waals surface area contributed by atoms with Crippen molar-refractivity contribution in [3.8, 4) is 22.3 Å². The van der Waals surface area contributed by atoms with E-state index in [1.807, 2.05) is 0 Å². The monoisotopic (exact) mass is 273 g/mol. The third kappa shape index (κ3) is 2.82. The molecule has 0 radical (unpaired) electrons. The van der Waals surface area contributed by atoms with E-state index in [0.29, 0.717) is 0 Å². The zero-order chi connectivity index (χ0) is 14.7. The van der Waals surface area contributed by atoms with Crippen LogP contribution >= 0.6 is 0 Å². The van der Waals surface area contributed by atoms with Gasteiger partial charge in [-0.15, -0.1) is 0 Å². The Morgan fingerprint density at radius 1 is 0.524 bits per heavy atom. The SMILES string of the molecule is CN(C)c1ccc(-c2ccccc2-c2ccccc2)cc1.